The monoisotopic (exact) mass is 773 g/mol. The van der Waals surface area contributed by atoms with Gasteiger partial charge in [0, 0.05) is 42.0 Å². The van der Waals surface area contributed by atoms with E-state index in [1.165, 1.54) is 11.8 Å². The molecule has 56 heavy (non-hydrogen) atoms. The van der Waals surface area contributed by atoms with Crippen LogP contribution < -0.4 is 16.4 Å². The first-order valence-electron chi connectivity index (χ1n) is 18.8. The number of unbranched alkanes of at least 4 members (excludes halogenated alkanes) is 2. The summed E-state index contributed by atoms with van der Waals surface area (Å²) in [7, 11) is 0. The fourth-order valence-electron chi connectivity index (χ4n) is 6.53. The summed E-state index contributed by atoms with van der Waals surface area (Å²) in [6, 6.07) is 38.0. The summed E-state index contributed by atoms with van der Waals surface area (Å²) in [4.78, 5) is 37.3. The number of thioether (sulfide) groups is 1. The van der Waals surface area contributed by atoms with E-state index in [4.69, 9.17) is 15.2 Å². The summed E-state index contributed by atoms with van der Waals surface area (Å²) in [5.74, 6) is -0.539. The molecule has 0 saturated carbocycles. The Labute approximate surface area is 331 Å². The highest BCUT2D eigenvalue weighted by Crippen LogP contribution is 2.40. The van der Waals surface area contributed by atoms with E-state index in [1.54, 1.807) is 24.3 Å². The highest BCUT2D eigenvalue weighted by atomic mass is 32.2. The van der Waals surface area contributed by atoms with E-state index in [2.05, 4.69) is 16.7 Å². The van der Waals surface area contributed by atoms with Crippen LogP contribution in [0, 0.1) is 0 Å². The van der Waals surface area contributed by atoms with E-state index in [1.807, 2.05) is 91.0 Å². The van der Waals surface area contributed by atoms with Gasteiger partial charge in [0.15, 0.2) is 6.29 Å². The summed E-state index contributed by atoms with van der Waals surface area (Å²) in [5.41, 5.74) is 13.0. The lowest BCUT2D eigenvalue weighted by molar-refractivity contribution is -0.245. The Bertz CT molecular complexity index is 2090. The first-order chi connectivity index (χ1) is 27.2. The molecule has 5 aromatic carbocycles. The van der Waals surface area contributed by atoms with Gasteiger partial charge in [0.1, 0.15) is 0 Å². The van der Waals surface area contributed by atoms with Crippen molar-refractivity contribution in [1.82, 2.24) is 5.32 Å². The Morgan fingerprint density at radius 1 is 0.732 bits per heavy atom. The Hall–Kier alpha value is -5.46. The second-order valence-corrected chi connectivity index (χ2v) is 14.8. The molecule has 0 aliphatic carbocycles. The zero-order valence-electron chi connectivity index (χ0n) is 31.1. The minimum atomic E-state index is -0.964. The normalized spacial score (nSPS) is 16.6. The number of benzene rings is 5. The molecule has 290 valence electrons. The van der Waals surface area contributed by atoms with Crippen molar-refractivity contribution in [3.8, 4) is 11.1 Å². The van der Waals surface area contributed by atoms with Crippen molar-refractivity contribution in [2.24, 2.45) is 0 Å². The van der Waals surface area contributed by atoms with Gasteiger partial charge in [0.25, 0.3) is 0 Å². The lowest BCUT2D eigenvalue weighted by Gasteiger charge is -2.36. The summed E-state index contributed by atoms with van der Waals surface area (Å²) >= 11 is 1.46. The van der Waals surface area contributed by atoms with Gasteiger partial charge < -0.3 is 36.1 Å². The van der Waals surface area contributed by atoms with E-state index in [0.29, 0.717) is 60.7 Å². The number of para-hydroxylation sites is 2. The van der Waals surface area contributed by atoms with Gasteiger partial charge in [0.05, 0.1) is 35.8 Å². The molecular weight excluding hydrogens is 727 g/mol. The number of carbonyl (C=O) groups excluding carboxylic acids is 2. The molecule has 0 radical (unpaired) electrons. The molecule has 2 amide bonds. The maximum Gasteiger partial charge on any atom is 0.336 e. The summed E-state index contributed by atoms with van der Waals surface area (Å²) in [6.45, 7) is 0.368. The van der Waals surface area contributed by atoms with Crippen LogP contribution in [-0.4, -0.2) is 39.9 Å². The van der Waals surface area contributed by atoms with Crippen molar-refractivity contribution >= 4 is 40.9 Å². The van der Waals surface area contributed by atoms with Crippen molar-refractivity contribution in [2.45, 2.75) is 75.1 Å². The zero-order chi connectivity index (χ0) is 39.3. The molecule has 0 bridgehead atoms. The fourth-order valence-corrected chi connectivity index (χ4v) is 7.59. The second kappa shape index (κ2) is 19.9. The molecule has 1 fully saturated rings. The van der Waals surface area contributed by atoms with E-state index in [-0.39, 0.29) is 36.2 Å². The van der Waals surface area contributed by atoms with E-state index >= 15 is 0 Å². The molecule has 6 rings (SSSR count). The molecule has 6 N–H and O–H groups in total. The zero-order valence-corrected chi connectivity index (χ0v) is 31.9. The van der Waals surface area contributed by atoms with Crippen LogP contribution in [0.2, 0.25) is 0 Å². The first-order valence-corrected chi connectivity index (χ1v) is 19.8. The molecule has 11 heteroatoms. The van der Waals surface area contributed by atoms with Gasteiger partial charge in [-0.05, 0) is 71.0 Å². The number of ether oxygens (including phenoxy) is 2. The molecule has 0 unspecified atom stereocenters. The second-order valence-electron chi connectivity index (χ2n) is 13.8. The molecule has 1 heterocycles. The maximum atomic E-state index is 12.6. The molecule has 5 aromatic rings. The highest BCUT2D eigenvalue weighted by molar-refractivity contribution is 7.99. The number of amides is 2. The summed E-state index contributed by atoms with van der Waals surface area (Å²) in [5, 5.41) is 25.1. The topological polar surface area (TPSA) is 160 Å². The Morgan fingerprint density at radius 2 is 1.45 bits per heavy atom. The van der Waals surface area contributed by atoms with Gasteiger partial charge in [-0.15, -0.1) is 11.8 Å². The number of aliphatic hydroxyl groups excluding tert-OH is 1. The van der Waals surface area contributed by atoms with E-state index in [9.17, 15) is 24.6 Å². The van der Waals surface area contributed by atoms with Crippen molar-refractivity contribution < 1.29 is 34.1 Å². The number of nitrogens with one attached hydrogen (secondary N) is 2. The van der Waals surface area contributed by atoms with Crippen molar-refractivity contribution in [3.63, 3.8) is 0 Å². The van der Waals surface area contributed by atoms with Crippen LogP contribution in [0.5, 0.6) is 0 Å². The van der Waals surface area contributed by atoms with E-state index in [0.717, 1.165) is 39.8 Å². The first kappa shape index (κ1) is 40.2. The van der Waals surface area contributed by atoms with Gasteiger partial charge in [-0.3, -0.25) is 9.59 Å². The minimum Gasteiger partial charge on any atom is -0.478 e. The van der Waals surface area contributed by atoms with Crippen LogP contribution in [0.1, 0.15) is 83.5 Å². The Balaban J connectivity index is 1.02. The molecule has 3 atom stereocenters. The number of carboxylic acids is 1. The Kier molecular flexibility index (Phi) is 14.3. The molecule has 10 nitrogen and oxygen atoms in total. The van der Waals surface area contributed by atoms with Gasteiger partial charge in [-0.25, -0.2) is 4.79 Å². The smallest absolute Gasteiger partial charge is 0.336 e. The van der Waals surface area contributed by atoms with Crippen molar-refractivity contribution in [3.05, 3.63) is 149 Å². The van der Waals surface area contributed by atoms with Crippen LogP contribution in [0.25, 0.3) is 11.1 Å². The predicted octanol–water partition coefficient (Wildman–Crippen LogP) is 8.67. The largest absolute Gasteiger partial charge is 0.478 e. The van der Waals surface area contributed by atoms with Crippen LogP contribution in [0.15, 0.2) is 126 Å². The molecule has 1 aliphatic rings. The quantitative estimate of drug-likeness (QED) is 0.0354. The van der Waals surface area contributed by atoms with Crippen molar-refractivity contribution in [1.29, 1.82) is 0 Å². The van der Waals surface area contributed by atoms with Crippen LogP contribution in [-0.2, 0) is 32.2 Å². The molecule has 1 aliphatic heterocycles. The third-order valence-electron chi connectivity index (χ3n) is 9.63. The van der Waals surface area contributed by atoms with Crippen molar-refractivity contribution in [2.75, 3.05) is 16.8 Å². The van der Waals surface area contributed by atoms with Gasteiger partial charge in [-0.2, -0.15) is 0 Å². The number of aliphatic hydroxyl groups is 1. The number of carboxylic acid groups (broad SMARTS) is 1. The summed E-state index contributed by atoms with van der Waals surface area (Å²) in [6.07, 6.45) is 2.38. The van der Waals surface area contributed by atoms with Crippen LogP contribution in [0.3, 0.4) is 0 Å². The average Bonchev–Trinajstić information content (AvgIpc) is 3.23. The van der Waals surface area contributed by atoms with Crippen LogP contribution in [0.4, 0.5) is 11.4 Å². The predicted molar refractivity (Wildman–Crippen MR) is 219 cm³/mol. The SMILES string of the molecule is Nc1ccccc1NC(=O)CCCCCC(=O)NCc1cccc(-c2ccc([C@H]3O[C@@H](CSc4ccccc4C(=O)O)C[C@@H](c4ccc(CO)cc4)O3)cc2)c1. The van der Waals surface area contributed by atoms with Gasteiger partial charge >= 0.3 is 5.97 Å². The third-order valence-corrected chi connectivity index (χ3v) is 10.8. The standard InChI is InChI=1S/C45H47N3O7S/c46-38-12-5-6-13-39(38)48-43(51)16-3-1-2-15-42(50)47-27-31-9-8-10-35(25-31)32-21-23-34(24-22-32)45-54-36(29-56-41-14-7-4-11-37(41)44(52)53)26-40(55-45)33-19-17-30(28-49)18-20-33/h4-14,17-25,36,40,45,49H,1-3,15-16,26-29,46H2,(H,47,50)(H,48,51)(H,52,53)/t36-,40+,45+/m1/s1. The van der Waals surface area contributed by atoms with E-state index < -0.39 is 12.3 Å². The Morgan fingerprint density at radius 3 is 2.20 bits per heavy atom. The van der Waals surface area contributed by atoms with Crippen LogP contribution >= 0.6 is 11.8 Å². The minimum absolute atomic E-state index is 0.0285. The number of anilines is 2. The summed E-state index contributed by atoms with van der Waals surface area (Å²) < 4.78 is 13.0. The average molecular weight is 774 g/mol. The molecule has 1 saturated heterocycles. The molecular formula is C45H47N3O7S. The number of carbonyl (C=O) groups is 3. The number of rotatable bonds is 17. The number of aromatic carboxylic acids is 1. The number of nitrogen functional groups attached to an aromatic ring is 1. The number of hydrogen-bond donors (Lipinski definition) is 5. The lowest BCUT2D eigenvalue weighted by Crippen LogP contribution is -2.31. The molecule has 0 aromatic heterocycles. The number of hydrogen-bond acceptors (Lipinski definition) is 8. The van der Waals surface area contributed by atoms with Gasteiger partial charge in [-0.1, -0.05) is 97.4 Å². The van der Waals surface area contributed by atoms with Gasteiger partial charge in [0.2, 0.25) is 11.8 Å². The maximum absolute atomic E-state index is 12.6. The highest BCUT2D eigenvalue weighted by Gasteiger charge is 2.32. The lowest BCUT2D eigenvalue weighted by atomic mass is 9.99. The number of nitrogens with two attached hydrogens (primary N) is 1. The molecule has 0 spiro atoms. The fraction of sp³-hybridized carbons (Fsp3) is 0.267. The third kappa shape index (κ3) is 11.3.